The fourth-order valence-electron chi connectivity index (χ4n) is 5.24. The third kappa shape index (κ3) is 5.93. The predicted molar refractivity (Wildman–Crippen MR) is 111 cm³/mol. The summed E-state index contributed by atoms with van der Waals surface area (Å²) in [5, 5.41) is 0. The van der Waals surface area contributed by atoms with Gasteiger partial charge in [0.15, 0.2) is 0 Å². The lowest BCUT2D eigenvalue weighted by Gasteiger charge is -2.38. The molecular formula is C24H39NO. The molecular weight excluding hydrogens is 318 g/mol. The highest BCUT2D eigenvalue weighted by Gasteiger charge is 2.30. The third-order valence-corrected chi connectivity index (χ3v) is 7.03. The largest absolute Gasteiger partial charge is 0.493 e. The van der Waals surface area contributed by atoms with E-state index in [0.29, 0.717) is 0 Å². The molecule has 0 aromatic heterocycles. The summed E-state index contributed by atoms with van der Waals surface area (Å²) in [4.78, 5) is 0. The number of anilines is 1. The van der Waals surface area contributed by atoms with Gasteiger partial charge in [-0.25, -0.2) is 0 Å². The second-order valence-electron chi connectivity index (χ2n) is 8.94. The standard InChI is InChI=1S/C24H39NO/c1-2-3-4-5-19-6-10-21(11-7-19)22-12-8-20(9-13-22)18-26-24-16-14-23(25)15-17-24/h14-17,19-22H,2-13,18,25H2,1H3/t19-,20?,21-,22?. The highest BCUT2D eigenvalue weighted by atomic mass is 16.5. The first-order chi connectivity index (χ1) is 12.7. The summed E-state index contributed by atoms with van der Waals surface area (Å²) in [6.07, 6.45) is 17.4. The Labute approximate surface area is 160 Å². The van der Waals surface area contributed by atoms with Crippen LogP contribution in [0.25, 0.3) is 0 Å². The van der Waals surface area contributed by atoms with Gasteiger partial charge in [0.05, 0.1) is 6.61 Å². The third-order valence-electron chi connectivity index (χ3n) is 7.03. The summed E-state index contributed by atoms with van der Waals surface area (Å²) >= 11 is 0. The minimum atomic E-state index is 0.745. The Hall–Kier alpha value is -1.18. The van der Waals surface area contributed by atoms with Crippen molar-refractivity contribution in [2.24, 2.45) is 23.7 Å². The average molecular weight is 358 g/mol. The maximum absolute atomic E-state index is 5.99. The van der Waals surface area contributed by atoms with Crippen LogP contribution < -0.4 is 10.5 Å². The molecule has 0 atom stereocenters. The molecule has 1 aromatic rings. The minimum absolute atomic E-state index is 0.745. The van der Waals surface area contributed by atoms with Crippen molar-refractivity contribution in [1.82, 2.24) is 0 Å². The summed E-state index contributed by atoms with van der Waals surface area (Å²) in [5.41, 5.74) is 6.54. The number of ether oxygens (including phenoxy) is 1. The molecule has 2 saturated carbocycles. The molecule has 0 heterocycles. The van der Waals surface area contributed by atoms with Crippen molar-refractivity contribution in [3.05, 3.63) is 24.3 Å². The summed E-state index contributed by atoms with van der Waals surface area (Å²) in [6, 6.07) is 7.81. The first-order valence-corrected chi connectivity index (χ1v) is 11.2. The van der Waals surface area contributed by atoms with Gasteiger partial charge < -0.3 is 10.5 Å². The van der Waals surface area contributed by atoms with Gasteiger partial charge in [0.1, 0.15) is 5.75 Å². The van der Waals surface area contributed by atoms with Crippen LogP contribution in [0.2, 0.25) is 0 Å². The molecule has 146 valence electrons. The van der Waals surface area contributed by atoms with Crippen LogP contribution in [0.4, 0.5) is 5.69 Å². The topological polar surface area (TPSA) is 35.2 Å². The van der Waals surface area contributed by atoms with Crippen LogP contribution in [0.5, 0.6) is 5.75 Å². The number of nitrogen functional groups attached to an aromatic ring is 1. The van der Waals surface area contributed by atoms with Crippen molar-refractivity contribution in [2.45, 2.75) is 84.0 Å². The number of unbranched alkanes of at least 4 members (excludes halogenated alkanes) is 2. The number of hydrogen-bond donors (Lipinski definition) is 1. The number of rotatable bonds is 8. The lowest BCUT2D eigenvalue weighted by Crippen LogP contribution is -2.27. The summed E-state index contributed by atoms with van der Waals surface area (Å²) in [5.74, 6) is 4.77. The van der Waals surface area contributed by atoms with Crippen LogP contribution in [0.3, 0.4) is 0 Å². The van der Waals surface area contributed by atoms with Gasteiger partial charge in [0, 0.05) is 5.69 Å². The second kappa shape index (κ2) is 10.2. The molecule has 2 N–H and O–H groups in total. The van der Waals surface area contributed by atoms with Crippen molar-refractivity contribution in [3.8, 4) is 5.75 Å². The van der Waals surface area contributed by atoms with Crippen molar-refractivity contribution in [1.29, 1.82) is 0 Å². The van der Waals surface area contributed by atoms with Gasteiger partial charge in [-0.15, -0.1) is 0 Å². The SMILES string of the molecule is CCCCC[C@H]1CC[C@H](C2CCC(COc3ccc(N)cc3)CC2)CC1. The second-order valence-corrected chi connectivity index (χ2v) is 8.94. The molecule has 2 fully saturated rings. The number of nitrogens with two attached hydrogens (primary N) is 1. The predicted octanol–water partition coefficient (Wildman–Crippen LogP) is 6.84. The number of benzene rings is 1. The van der Waals surface area contributed by atoms with Gasteiger partial charge in [0.25, 0.3) is 0 Å². The summed E-state index contributed by atoms with van der Waals surface area (Å²) in [7, 11) is 0. The lowest BCUT2D eigenvalue weighted by molar-refractivity contribution is 0.121. The molecule has 2 aliphatic carbocycles. The van der Waals surface area contributed by atoms with Crippen molar-refractivity contribution in [2.75, 3.05) is 12.3 Å². The highest BCUT2D eigenvalue weighted by Crippen LogP contribution is 2.42. The monoisotopic (exact) mass is 357 g/mol. The molecule has 3 rings (SSSR count). The highest BCUT2D eigenvalue weighted by molar-refractivity contribution is 5.41. The van der Waals surface area contributed by atoms with Crippen LogP contribution in [0, 0.1) is 23.7 Å². The van der Waals surface area contributed by atoms with Gasteiger partial charge in [-0.3, -0.25) is 0 Å². The van der Waals surface area contributed by atoms with Crippen LogP contribution in [-0.4, -0.2) is 6.61 Å². The van der Waals surface area contributed by atoms with Crippen LogP contribution >= 0.6 is 0 Å². The first kappa shape index (κ1) is 19.6. The van der Waals surface area contributed by atoms with E-state index in [4.69, 9.17) is 10.5 Å². The maximum Gasteiger partial charge on any atom is 0.119 e. The van der Waals surface area contributed by atoms with Gasteiger partial charge >= 0.3 is 0 Å². The smallest absolute Gasteiger partial charge is 0.119 e. The zero-order chi connectivity index (χ0) is 18.2. The van der Waals surface area contributed by atoms with E-state index >= 15 is 0 Å². The van der Waals surface area contributed by atoms with Gasteiger partial charge in [0.2, 0.25) is 0 Å². The molecule has 0 unspecified atom stereocenters. The maximum atomic E-state index is 5.99. The number of hydrogen-bond acceptors (Lipinski definition) is 2. The van der Waals surface area contributed by atoms with Gasteiger partial charge in [-0.2, -0.15) is 0 Å². The molecule has 1 aromatic carbocycles. The van der Waals surface area contributed by atoms with Crippen molar-refractivity contribution >= 4 is 5.69 Å². The Bertz CT molecular complexity index is 495. The minimum Gasteiger partial charge on any atom is -0.493 e. The van der Waals surface area contributed by atoms with E-state index in [-0.39, 0.29) is 0 Å². The zero-order valence-electron chi connectivity index (χ0n) is 16.8. The zero-order valence-corrected chi connectivity index (χ0v) is 16.8. The normalized spacial score (nSPS) is 29.4. The van der Waals surface area contributed by atoms with E-state index in [9.17, 15) is 0 Å². The summed E-state index contributed by atoms with van der Waals surface area (Å²) in [6.45, 7) is 3.19. The quantitative estimate of drug-likeness (QED) is 0.408. The fourth-order valence-corrected chi connectivity index (χ4v) is 5.24. The molecule has 2 heteroatoms. The molecule has 0 amide bonds. The van der Waals surface area contributed by atoms with Gasteiger partial charge in [-0.1, -0.05) is 45.4 Å². The van der Waals surface area contributed by atoms with Crippen molar-refractivity contribution in [3.63, 3.8) is 0 Å². The molecule has 2 aliphatic rings. The molecule has 2 nitrogen and oxygen atoms in total. The first-order valence-electron chi connectivity index (χ1n) is 11.2. The molecule has 0 spiro atoms. The van der Waals surface area contributed by atoms with E-state index in [1.54, 1.807) is 0 Å². The van der Waals surface area contributed by atoms with Crippen LogP contribution in [0.15, 0.2) is 24.3 Å². The molecule has 0 aliphatic heterocycles. The Morgan fingerprint density at radius 2 is 1.38 bits per heavy atom. The van der Waals surface area contributed by atoms with E-state index in [2.05, 4.69) is 6.92 Å². The Morgan fingerprint density at radius 1 is 0.808 bits per heavy atom. The molecule has 0 saturated heterocycles. The van der Waals surface area contributed by atoms with E-state index in [1.165, 1.54) is 77.0 Å². The molecule has 26 heavy (non-hydrogen) atoms. The Kier molecular flexibility index (Phi) is 7.70. The summed E-state index contributed by atoms with van der Waals surface area (Å²) < 4.78 is 5.99. The van der Waals surface area contributed by atoms with Gasteiger partial charge in [-0.05, 0) is 86.5 Å². The fraction of sp³-hybridized carbons (Fsp3) is 0.750. The van der Waals surface area contributed by atoms with E-state index < -0.39 is 0 Å². The van der Waals surface area contributed by atoms with Crippen molar-refractivity contribution < 1.29 is 4.74 Å². The molecule has 0 bridgehead atoms. The van der Waals surface area contributed by atoms with E-state index in [1.807, 2.05) is 24.3 Å². The van der Waals surface area contributed by atoms with Crippen LogP contribution in [0.1, 0.15) is 84.0 Å². The molecule has 0 radical (unpaired) electrons. The Balaban J connectivity index is 1.32. The van der Waals surface area contributed by atoms with Crippen LogP contribution in [-0.2, 0) is 0 Å². The Morgan fingerprint density at radius 3 is 1.96 bits per heavy atom. The lowest BCUT2D eigenvalue weighted by atomic mass is 9.69. The average Bonchev–Trinajstić information content (AvgIpc) is 2.69. The van der Waals surface area contributed by atoms with E-state index in [0.717, 1.165) is 41.7 Å².